The molecular formula is C95H134AlF6LiN6O11. The smallest absolute Gasteiger partial charge is 1.00 e. The minimum absolute atomic E-state index is 0. The van der Waals surface area contributed by atoms with Crippen molar-refractivity contribution >= 4 is 41.1 Å². The fourth-order valence-electron chi connectivity index (χ4n) is 16.3. The van der Waals surface area contributed by atoms with E-state index in [-0.39, 0.29) is 135 Å². The van der Waals surface area contributed by atoms with Crippen LogP contribution in [0.5, 0.6) is 0 Å². The van der Waals surface area contributed by atoms with Gasteiger partial charge in [0.1, 0.15) is 34.9 Å². The zero-order valence-electron chi connectivity index (χ0n) is 73.5. The molecule has 0 bridgehead atoms. The summed E-state index contributed by atoms with van der Waals surface area (Å²) in [5.41, 5.74) is 8.97. The first kappa shape index (κ1) is 104. The Morgan fingerprint density at radius 1 is 0.483 bits per heavy atom. The first-order chi connectivity index (χ1) is 55.6. The molecule has 3 amide bonds. The minimum atomic E-state index is -1.03. The fraction of sp³-hybridized carbons (Fsp3) is 0.537. The van der Waals surface area contributed by atoms with Crippen LogP contribution in [-0.4, -0.2) is 156 Å². The van der Waals surface area contributed by atoms with Crippen LogP contribution < -0.4 is 50.8 Å². The summed E-state index contributed by atoms with van der Waals surface area (Å²) in [6.07, 6.45) is 13.6. The molecule has 11 N–H and O–H groups in total. The van der Waals surface area contributed by atoms with Gasteiger partial charge in [-0.3, -0.25) is 14.4 Å². The van der Waals surface area contributed by atoms with Crippen LogP contribution in [-0.2, 0) is 80.8 Å². The van der Waals surface area contributed by atoms with Gasteiger partial charge in [-0.05, 0) is 224 Å². The second kappa shape index (κ2) is 48.3. The Bertz CT molecular complexity index is 4230. The summed E-state index contributed by atoms with van der Waals surface area (Å²) in [4.78, 5) is 47.5. The van der Waals surface area contributed by atoms with Gasteiger partial charge in [-0.15, -0.1) is 0 Å². The molecule has 17 nitrogen and oxygen atoms in total. The second-order valence-electron chi connectivity index (χ2n) is 35.6. The summed E-state index contributed by atoms with van der Waals surface area (Å²) in [7, 11) is 1.36. The monoisotopic (exact) mass is 1680 g/mol. The summed E-state index contributed by atoms with van der Waals surface area (Å²) in [5.74, 6) is -5.12. The summed E-state index contributed by atoms with van der Waals surface area (Å²) in [5, 5.41) is 71.4. The molecule has 3 saturated carbocycles. The van der Waals surface area contributed by atoms with Crippen LogP contribution >= 0.6 is 0 Å². The number of allylic oxidation sites excluding steroid dienone is 2. The number of aliphatic hydroxyl groups excluding tert-OH is 5. The number of esters is 1. The van der Waals surface area contributed by atoms with Gasteiger partial charge in [0.25, 0.3) is 0 Å². The maximum absolute atomic E-state index is 13.8. The fourth-order valence-corrected chi connectivity index (χ4v) is 16.3. The zero-order valence-corrected chi connectivity index (χ0v) is 72.5. The van der Waals surface area contributed by atoms with Crippen molar-refractivity contribution in [1.82, 2.24) is 31.9 Å². The maximum atomic E-state index is 13.8. The van der Waals surface area contributed by atoms with E-state index in [1.165, 1.54) is 99.4 Å². The van der Waals surface area contributed by atoms with Crippen LogP contribution in [0.15, 0.2) is 151 Å². The molecule has 0 aromatic heterocycles. The Morgan fingerprint density at radius 2 is 0.783 bits per heavy atom. The van der Waals surface area contributed by atoms with Gasteiger partial charge in [0.15, 0.2) is 17.4 Å². The Hall–Kier alpha value is -6.97. The number of methoxy groups -OCH3 is 1. The number of halogens is 6. The largest absolute Gasteiger partial charge is 1.00 e. The molecule has 6 aromatic carbocycles. The predicted octanol–water partition coefficient (Wildman–Crippen LogP) is 10.9. The summed E-state index contributed by atoms with van der Waals surface area (Å²) < 4.78 is 92.3. The third-order valence-corrected chi connectivity index (χ3v) is 23.2. The summed E-state index contributed by atoms with van der Waals surface area (Å²) in [6, 6.07) is 33.0. The topological polar surface area (TPSA) is 260 Å². The van der Waals surface area contributed by atoms with Crippen molar-refractivity contribution < 1.29 is 101 Å². The van der Waals surface area contributed by atoms with Crippen molar-refractivity contribution in [2.24, 2.45) is 5.92 Å². The minimum Gasteiger partial charge on any atom is -1.00 e. The van der Waals surface area contributed by atoms with E-state index in [2.05, 4.69) is 161 Å². The summed E-state index contributed by atoms with van der Waals surface area (Å²) in [6.45, 7) is 26.3. The molecule has 0 radical (unpaired) electrons. The number of hydrogen-bond donors (Lipinski definition) is 11. The first-order valence-electron chi connectivity index (χ1n) is 41.7. The van der Waals surface area contributed by atoms with E-state index in [0.717, 1.165) is 111 Å². The Morgan fingerprint density at radius 3 is 1.04 bits per heavy atom. The van der Waals surface area contributed by atoms with E-state index in [1.807, 2.05) is 12.1 Å². The molecule has 4 fully saturated rings. The molecule has 0 unspecified atom stereocenters. The molecule has 3 aliphatic carbocycles. The molecule has 0 spiro atoms. The predicted molar refractivity (Wildman–Crippen MR) is 462 cm³/mol. The third-order valence-electron chi connectivity index (χ3n) is 23.2. The summed E-state index contributed by atoms with van der Waals surface area (Å²) >= 11 is 0. The van der Waals surface area contributed by atoms with Crippen LogP contribution in [0.1, 0.15) is 231 Å². The van der Waals surface area contributed by atoms with Gasteiger partial charge in [0.2, 0.25) is 17.7 Å². The van der Waals surface area contributed by atoms with Crippen molar-refractivity contribution in [2.75, 3.05) is 53.2 Å². The van der Waals surface area contributed by atoms with Crippen molar-refractivity contribution in [1.29, 1.82) is 0 Å². The number of aliphatic hydroxyl groups is 5. The molecule has 656 valence electrons. The number of hydrogen-bond acceptors (Lipinski definition) is 14. The Kier molecular flexibility index (Phi) is 41.7. The third kappa shape index (κ3) is 32.9. The van der Waals surface area contributed by atoms with Gasteiger partial charge >= 0.3 is 24.8 Å². The van der Waals surface area contributed by atoms with Crippen LogP contribution in [0.3, 0.4) is 0 Å². The number of benzene rings is 6. The van der Waals surface area contributed by atoms with Crippen LogP contribution in [0, 0.1) is 40.8 Å². The molecule has 120 heavy (non-hydrogen) atoms. The molecule has 6 atom stereocenters. The standard InChI is InChI=1S/C31H40F2N2O4.C30H42F2N2O3.C30H40F2N2O3.C4H8O.Al.Li.4H/c1-20(36)35-27(15-22-13-25(32)18-26(33)14-22)28(37)19-34-31(11-9-21(10-12-31)16-29(38)39-5)24-8-6-7-23(17-24)30(2,3)4;2*1-20(36)34-27(16-22-14-25(31)18-26(32)15-22)28(37)19-33-30(11-8-21(9-12-30)10-13-35)24-7-5-6-23(17-24)29(2,3)4;1-2-4-5-3-1;;;;;;/h6-8,13-14,16-18,27-28,34,37H,9-12,15,19H2,1-5H3,(H,35,36);5-7,14-15,17-18,21,27-28,33,35,37H,8-13,16,19H2,1-4H3,(H,34,36);5-7,10,14-15,17-18,27-28,33,35,37H,8-9,11-13,16,19H2,1-4H3,(H,34,36);1-4H2;;;;;;/q;;;;;+1;;;;-1/t27-,28+,31?;21?,27-,28+,30?;27-,28+,30?;;;;;;;/m000......./s1. The van der Waals surface area contributed by atoms with Gasteiger partial charge in [-0.25, -0.2) is 31.1 Å². The molecule has 10 rings (SSSR count). The average molecular weight is 1680 g/mol. The number of carbonyl (C=O) groups excluding carboxylic acids is 4. The van der Waals surface area contributed by atoms with Crippen LogP contribution in [0.25, 0.3) is 0 Å². The average Bonchev–Trinajstić information content (AvgIpc) is 0.961. The van der Waals surface area contributed by atoms with Crippen molar-refractivity contribution in [2.45, 2.75) is 268 Å². The van der Waals surface area contributed by atoms with Crippen molar-refractivity contribution in [3.8, 4) is 0 Å². The molecule has 6 aromatic rings. The Balaban J connectivity index is 0.000000365. The van der Waals surface area contributed by atoms with Gasteiger partial charge in [0.05, 0.1) is 50.2 Å². The zero-order chi connectivity index (χ0) is 86.8. The SMILES string of the molecule is C1CCOC1.CC(=O)N[C@@H](Cc1cc(F)cc(F)c1)[C@H](O)CNC1(c2cccc(C(C)(C)C)c2)CCC(=CCO)CC1.CC(=O)N[C@@H](Cc1cc(F)cc(F)c1)[C@H](O)CNC1(c2cccc(C(C)(C)C)c2)CCC(CCO)CC1.COC(=O)C=C1CCC(NC[C@@H](O)[C@H](Cc2cc(F)cc(F)c2)NC(C)=O)(c2cccc(C(C)(C)C)c2)CC1.[AlH3].[H-].[Li+]. The van der Waals surface area contributed by atoms with Gasteiger partial charge < -0.3 is 68.3 Å². The molecule has 1 heterocycles. The molecular weight excluding hydrogens is 1550 g/mol. The van der Waals surface area contributed by atoms with Gasteiger partial charge in [-0.1, -0.05) is 152 Å². The molecule has 25 heteroatoms. The van der Waals surface area contributed by atoms with E-state index in [1.54, 1.807) is 6.08 Å². The van der Waals surface area contributed by atoms with Gasteiger partial charge in [0, 0.05) is 101 Å². The van der Waals surface area contributed by atoms with Gasteiger partial charge in [-0.2, -0.15) is 0 Å². The van der Waals surface area contributed by atoms with Crippen molar-refractivity contribution in [3.63, 3.8) is 0 Å². The van der Waals surface area contributed by atoms with E-state index in [0.29, 0.717) is 48.3 Å². The van der Waals surface area contributed by atoms with E-state index < -0.39 is 82.4 Å². The first-order valence-corrected chi connectivity index (χ1v) is 41.7. The van der Waals surface area contributed by atoms with Crippen LogP contribution in [0.4, 0.5) is 26.3 Å². The number of carbonyl (C=O) groups is 4. The van der Waals surface area contributed by atoms with Crippen molar-refractivity contribution in [3.05, 3.63) is 236 Å². The quantitative estimate of drug-likeness (QED) is 0.00718. The number of nitrogens with one attached hydrogen (secondary N) is 6. The second-order valence-corrected chi connectivity index (χ2v) is 35.6. The normalized spacial score (nSPS) is 20.1. The molecule has 4 aliphatic rings. The Labute approximate surface area is 732 Å². The number of amides is 3. The number of rotatable bonds is 28. The van der Waals surface area contributed by atoms with E-state index in [9.17, 15) is 71.1 Å². The molecule has 1 saturated heterocycles. The molecule has 1 aliphatic heterocycles. The van der Waals surface area contributed by atoms with Crippen LogP contribution in [0.2, 0.25) is 0 Å². The maximum Gasteiger partial charge on any atom is 1.00 e. The van der Waals surface area contributed by atoms with E-state index >= 15 is 0 Å². The number of ether oxygens (including phenoxy) is 2. The van der Waals surface area contributed by atoms with E-state index in [4.69, 9.17) is 9.47 Å².